The maximum absolute atomic E-state index is 13.1. The number of rotatable bonds is 7. The molecule has 3 heterocycles. The van der Waals surface area contributed by atoms with Crippen LogP contribution in [-0.2, 0) is 10.5 Å². The molecule has 6 nitrogen and oxygen atoms in total. The van der Waals surface area contributed by atoms with Crippen molar-refractivity contribution < 1.29 is 14.1 Å². The zero-order valence-corrected chi connectivity index (χ0v) is 16.3. The maximum Gasteiger partial charge on any atom is 0.256 e. The molecule has 26 heavy (non-hydrogen) atoms. The predicted octanol–water partition coefficient (Wildman–Crippen LogP) is 3.48. The molecule has 1 amide bonds. The number of hydrogen-bond donors (Lipinski definition) is 0. The first-order chi connectivity index (χ1) is 12.6. The molecule has 0 aromatic carbocycles. The third-order valence-corrected chi connectivity index (χ3v) is 5.74. The van der Waals surface area contributed by atoms with Crippen molar-refractivity contribution in [1.29, 1.82) is 0 Å². The van der Waals surface area contributed by atoms with E-state index >= 15 is 0 Å². The fourth-order valence-corrected chi connectivity index (χ4v) is 4.22. The van der Waals surface area contributed by atoms with Crippen molar-refractivity contribution in [3.8, 4) is 0 Å². The van der Waals surface area contributed by atoms with Crippen molar-refractivity contribution in [3.05, 3.63) is 40.9 Å². The molecule has 0 spiro atoms. The molecule has 0 radical (unpaired) electrons. The van der Waals surface area contributed by atoms with Crippen LogP contribution in [0.2, 0.25) is 0 Å². The van der Waals surface area contributed by atoms with E-state index in [-0.39, 0.29) is 5.91 Å². The molecular formula is C19H25N3O3S. The second-order valence-electron chi connectivity index (χ2n) is 6.52. The largest absolute Gasteiger partial charge is 0.381 e. The topological polar surface area (TPSA) is 68.5 Å². The van der Waals surface area contributed by atoms with Gasteiger partial charge in [-0.2, -0.15) is 0 Å². The number of aromatic nitrogens is 2. The molecule has 1 atom stereocenters. The highest BCUT2D eigenvalue weighted by molar-refractivity contribution is 7.98. The van der Waals surface area contributed by atoms with E-state index in [1.807, 2.05) is 37.8 Å². The molecule has 0 N–H and O–H groups in total. The van der Waals surface area contributed by atoms with Crippen LogP contribution < -0.4 is 0 Å². The maximum atomic E-state index is 13.1. The number of carbonyl (C=O) groups is 1. The number of aryl methyl sites for hydroxylation is 2. The summed E-state index contributed by atoms with van der Waals surface area (Å²) in [7, 11) is 0. The monoisotopic (exact) mass is 375 g/mol. The summed E-state index contributed by atoms with van der Waals surface area (Å²) in [6.45, 7) is 8.80. The van der Waals surface area contributed by atoms with Gasteiger partial charge in [-0.1, -0.05) is 5.16 Å². The summed E-state index contributed by atoms with van der Waals surface area (Å²) in [5.74, 6) is 1.96. The number of pyridine rings is 1. The van der Waals surface area contributed by atoms with Crippen molar-refractivity contribution in [3.63, 3.8) is 0 Å². The molecule has 1 unspecified atom stereocenters. The minimum absolute atomic E-state index is 0.0359. The SMILES string of the molecule is CCN(CC1CCOC1)C(=O)c1cccnc1SCc1c(C)noc1C. The molecule has 1 aliphatic heterocycles. The smallest absolute Gasteiger partial charge is 0.256 e. The van der Waals surface area contributed by atoms with Crippen LogP contribution in [0.15, 0.2) is 27.9 Å². The Labute approximate surface area is 158 Å². The van der Waals surface area contributed by atoms with Gasteiger partial charge >= 0.3 is 0 Å². The van der Waals surface area contributed by atoms with Gasteiger partial charge in [-0.05, 0) is 39.3 Å². The first-order valence-electron chi connectivity index (χ1n) is 8.96. The molecule has 7 heteroatoms. The Morgan fingerprint density at radius 2 is 2.27 bits per heavy atom. The van der Waals surface area contributed by atoms with Gasteiger partial charge in [0.25, 0.3) is 5.91 Å². The van der Waals surface area contributed by atoms with E-state index in [1.54, 1.807) is 18.0 Å². The molecule has 2 aromatic heterocycles. The van der Waals surface area contributed by atoms with Crippen molar-refractivity contribution in [2.45, 2.75) is 38.0 Å². The first kappa shape index (κ1) is 18.9. The predicted molar refractivity (Wildman–Crippen MR) is 100 cm³/mol. The van der Waals surface area contributed by atoms with Crippen molar-refractivity contribution in [2.75, 3.05) is 26.3 Å². The highest BCUT2D eigenvalue weighted by atomic mass is 32.2. The van der Waals surface area contributed by atoms with Crippen LogP contribution in [0.3, 0.4) is 0 Å². The number of thioether (sulfide) groups is 1. The Kier molecular flexibility index (Phi) is 6.32. The average Bonchev–Trinajstić information content (AvgIpc) is 3.28. The lowest BCUT2D eigenvalue weighted by Gasteiger charge is -2.24. The van der Waals surface area contributed by atoms with Gasteiger partial charge in [-0.15, -0.1) is 11.8 Å². The van der Waals surface area contributed by atoms with Gasteiger partial charge in [0.05, 0.1) is 17.9 Å². The number of hydrogen-bond acceptors (Lipinski definition) is 6. The molecule has 0 bridgehead atoms. The van der Waals surface area contributed by atoms with Crippen LogP contribution in [0.4, 0.5) is 0 Å². The summed E-state index contributed by atoms with van der Waals surface area (Å²) in [5, 5.41) is 4.74. The van der Waals surface area contributed by atoms with Crippen LogP contribution in [-0.4, -0.2) is 47.3 Å². The normalized spacial score (nSPS) is 16.8. The van der Waals surface area contributed by atoms with Crippen LogP contribution in [0, 0.1) is 19.8 Å². The van der Waals surface area contributed by atoms with Gasteiger partial charge in [-0.3, -0.25) is 4.79 Å². The van der Waals surface area contributed by atoms with E-state index in [1.165, 1.54) is 0 Å². The van der Waals surface area contributed by atoms with Gasteiger partial charge in [0.15, 0.2) is 0 Å². The minimum atomic E-state index is 0.0359. The number of ether oxygens (including phenoxy) is 1. The second-order valence-corrected chi connectivity index (χ2v) is 7.48. The fraction of sp³-hybridized carbons (Fsp3) is 0.526. The Balaban J connectivity index is 1.73. The molecule has 140 valence electrons. The third-order valence-electron chi connectivity index (χ3n) is 4.71. The zero-order chi connectivity index (χ0) is 18.5. The zero-order valence-electron chi connectivity index (χ0n) is 15.5. The molecule has 0 aliphatic carbocycles. The van der Waals surface area contributed by atoms with E-state index in [4.69, 9.17) is 9.26 Å². The lowest BCUT2D eigenvalue weighted by atomic mass is 10.1. The van der Waals surface area contributed by atoms with Gasteiger partial charge in [0, 0.05) is 43.1 Å². The quantitative estimate of drug-likeness (QED) is 0.690. The highest BCUT2D eigenvalue weighted by Crippen LogP contribution is 2.28. The van der Waals surface area contributed by atoms with Gasteiger partial charge in [0.1, 0.15) is 10.8 Å². The average molecular weight is 375 g/mol. The fourth-order valence-electron chi connectivity index (χ4n) is 3.08. The number of nitrogens with zero attached hydrogens (tertiary/aromatic N) is 3. The molecule has 3 rings (SSSR count). The van der Waals surface area contributed by atoms with E-state index in [0.717, 1.165) is 48.2 Å². The standard InChI is InChI=1S/C19H25N3O3S/c1-4-22(10-15-7-9-24-11-15)19(23)16-6-5-8-20-18(16)26-12-17-13(2)21-25-14(17)3/h5-6,8,15H,4,7,9-12H2,1-3H3. The minimum Gasteiger partial charge on any atom is -0.381 e. The van der Waals surface area contributed by atoms with Crippen molar-refractivity contribution in [1.82, 2.24) is 15.0 Å². The van der Waals surface area contributed by atoms with Crippen LogP contribution in [0.25, 0.3) is 0 Å². The lowest BCUT2D eigenvalue weighted by Crippen LogP contribution is -2.35. The Hall–Kier alpha value is -1.86. The van der Waals surface area contributed by atoms with Crippen LogP contribution in [0.5, 0.6) is 0 Å². The molecular weight excluding hydrogens is 350 g/mol. The Morgan fingerprint density at radius 1 is 1.42 bits per heavy atom. The molecule has 1 fully saturated rings. The van der Waals surface area contributed by atoms with Crippen molar-refractivity contribution in [2.24, 2.45) is 5.92 Å². The Morgan fingerprint density at radius 3 is 2.92 bits per heavy atom. The summed E-state index contributed by atoms with van der Waals surface area (Å²) in [6.07, 6.45) is 2.75. The van der Waals surface area contributed by atoms with E-state index in [0.29, 0.717) is 23.8 Å². The summed E-state index contributed by atoms with van der Waals surface area (Å²) in [6, 6.07) is 3.68. The molecule has 0 saturated carbocycles. The van der Waals surface area contributed by atoms with Crippen molar-refractivity contribution >= 4 is 17.7 Å². The lowest BCUT2D eigenvalue weighted by molar-refractivity contribution is 0.0726. The number of amides is 1. The van der Waals surface area contributed by atoms with Crippen LogP contribution in [0.1, 0.15) is 40.7 Å². The summed E-state index contributed by atoms with van der Waals surface area (Å²) in [4.78, 5) is 19.4. The second kappa shape index (κ2) is 8.68. The Bertz CT molecular complexity index is 737. The first-order valence-corrected chi connectivity index (χ1v) is 9.95. The summed E-state index contributed by atoms with van der Waals surface area (Å²) >= 11 is 1.55. The van der Waals surface area contributed by atoms with Gasteiger partial charge in [-0.25, -0.2) is 4.98 Å². The summed E-state index contributed by atoms with van der Waals surface area (Å²) < 4.78 is 10.7. The van der Waals surface area contributed by atoms with Crippen LogP contribution >= 0.6 is 11.8 Å². The number of carbonyl (C=O) groups excluding carboxylic acids is 1. The third kappa shape index (κ3) is 4.27. The highest BCUT2D eigenvalue weighted by Gasteiger charge is 2.24. The van der Waals surface area contributed by atoms with E-state index < -0.39 is 0 Å². The summed E-state index contributed by atoms with van der Waals surface area (Å²) in [5.41, 5.74) is 2.61. The van der Waals surface area contributed by atoms with E-state index in [2.05, 4.69) is 10.1 Å². The van der Waals surface area contributed by atoms with E-state index in [9.17, 15) is 4.79 Å². The molecule has 1 aliphatic rings. The van der Waals surface area contributed by atoms with Gasteiger partial charge in [0.2, 0.25) is 0 Å². The molecule has 2 aromatic rings. The van der Waals surface area contributed by atoms with Gasteiger partial charge < -0.3 is 14.2 Å². The molecule has 1 saturated heterocycles.